The number of rotatable bonds is 1. The highest BCUT2D eigenvalue weighted by Gasteiger charge is 2.60. The zero-order valence-corrected chi connectivity index (χ0v) is 9.72. The first kappa shape index (κ1) is 12.3. The lowest BCUT2D eigenvalue weighted by Crippen LogP contribution is -2.39. The highest BCUT2D eigenvalue weighted by molar-refractivity contribution is 6.10. The molecule has 1 spiro atoms. The van der Waals surface area contributed by atoms with Gasteiger partial charge in [0.25, 0.3) is 0 Å². The number of hydrogen-bond acceptors (Lipinski definition) is 2. The van der Waals surface area contributed by atoms with Crippen molar-refractivity contribution in [3.8, 4) is 0 Å². The summed E-state index contributed by atoms with van der Waals surface area (Å²) in [5.41, 5.74) is 4.80. The van der Waals surface area contributed by atoms with E-state index in [-0.39, 0.29) is 11.4 Å². The molecule has 0 atom stereocenters. The van der Waals surface area contributed by atoms with Crippen LogP contribution in [-0.4, -0.2) is 18.6 Å². The molecule has 1 amide bonds. The fourth-order valence-electron chi connectivity index (χ4n) is 2.61. The van der Waals surface area contributed by atoms with E-state index < -0.39 is 29.9 Å². The number of amides is 1. The van der Waals surface area contributed by atoms with Gasteiger partial charge in [0.1, 0.15) is 12.4 Å². The third kappa shape index (κ3) is 1.67. The Bertz CT molecular complexity index is 578. The predicted molar refractivity (Wildman–Crippen MR) is 60.1 cm³/mol. The van der Waals surface area contributed by atoms with Crippen LogP contribution in [0.25, 0.3) is 0 Å². The van der Waals surface area contributed by atoms with Crippen molar-refractivity contribution in [1.82, 2.24) is 0 Å². The molecule has 7 heteroatoms. The summed E-state index contributed by atoms with van der Waals surface area (Å²) in [6, 6.07) is 2.20. The molecule has 0 unspecified atom stereocenters. The average Bonchev–Trinajstić information content (AvgIpc) is 3.05. The summed E-state index contributed by atoms with van der Waals surface area (Å²) in [4.78, 5) is 12.7. The molecule has 0 bridgehead atoms. The molecule has 0 saturated heterocycles. The molecule has 1 aliphatic heterocycles. The second-order valence-corrected chi connectivity index (χ2v) is 4.98. The van der Waals surface area contributed by atoms with Crippen molar-refractivity contribution in [2.24, 2.45) is 0 Å². The van der Waals surface area contributed by atoms with Crippen molar-refractivity contribution < 1.29 is 22.4 Å². The number of benzene rings is 1. The molecule has 0 aromatic heterocycles. The molecular weight excluding hydrogens is 264 g/mol. The first-order valence-electron chi connectivity index (χ1n) is 5.73. The van der Waals surface area contributed by atoms with Gasteiger partial charge in [-0.15, -0.1) is 0 Å². The largest absolute Gasteiger partial charge is 0.406 e. The summed E-state index contributed by atoms with van der Waals surface area (Å²) in [5.74, 6) is -1.42. The number of anilines is 2. The number of alkyl halides is 3. The topological polar surface area (TPSA) is 46.3 Å². The van der Waals surface area contributed by atoms with E-state index in [2.05, 4.69) is 0 Å². The van der Waals surface area contributed by atoms with Gasteiger partial charge >= 0.3 is 6.18 Å². The van der Waals surface area contributed by atoms with E-state index in [0.29, 0.717) is 23.3 Å². The predicted octanol–water partition coefficient (Wildman–Crippen LogP) is 2.35. The summed E-state index contributed by atoms with van der Waals surface area (Å²) >= 11 is 0. The Balaban J connectivity index is 2.11. The van der Waals surface area contributed by atoms with E-state index in [4.69, 9.17) is 5.73 Å². The van der Waals surface area contributed by atoms with Gasteiger partial charge in [-0.05, 0) is 24.5 Å². The van der Waals surface area contributed by atoms with Crippen LogP contribution in [0.15, 0.2) is 12.1 Å². The molecule has 1 heterocycles. The zero-order chi connectivity index (χ0) is 14.0. The average molecular weight is 274 g/mol. The van der Waals surface area contributed by atoms with Crippen LogP contribution in [0.5, 0.6) is 0 Å². The van der Waals surface area contributed by atoms with Crippen LogP contribution < -0.4 is 10.6 Å². The van der Waals surface area contributed by atoms with Crippen LogP contribution >= 0.6 is 0 Å². The maximum atomic E-state index is 13.4. The van der Waals surface area contributed by atoms with Crippen LogP contribution in [-0.2, 0) is 10.2 Å². The Morgan fingerprint density at radius 2 is 1.95 bits per heavy atom. The molecule has 3 nitrogen and oxygen atoms in total. The minimum absolute atomic E-state index is 0.00785. The normalized spacial score (nSPS) is 20.0. The third-order valence-corrected chi connectivity index (χ3v) is 3.66. The second kappa shape index (κ2) is 3.40. The van der Waals surface area contributed by atoms with Gasteiger partial charge in [0.15, 0.2) is 0 Å². The minimum Gasteiger partial charge on any atom is -0.396 e. The Labute approximate surface area is 106 Å². The highest BCUT2D eigenvalue weighted by atomic mass is 19.4. The van der Waals surface area contributed by atoms with Gasteiger partial charge in [-0.1, -0.05) is 0 Å². The van der Waals surface area contributed by atoms with Crippen molar-refractivity contribution in [3.05, 3.63) is 23.5 Å². The molecule has 1 fully saturated rings. The number of fused-ring (bicyclic) bond motifs is 2. The number of nitrogen functional groups attached to an aromatic ring is 1. The Morgan fingerprint density at radius 3 is 2.47 bits per heavy atom. The molecule has 0 radical (unpaired) electrons. The fraction of sp³-hybridized carbons (Fsp3) is 0.417. The van der Waals surface area contributed by atoms with Crippen LogP contribution in [0.3, 0.4) is 0 Å². The zero-order valence-electron chi connectivity index (χ0n) is 9.72. The van der Waals surface area contributed by atoms with Crippen LogP contribution in [0.4, 0.5) is 28.9 Å². The van der Waals surface area contributed by atoms with Crippen LogP contribution in [0.2, 0.25) is 0 Å². The highest BCUT2D eigenvalue weighted by Crippen LogP contribution is 2.58. The van der Waals surface area contributed by atoms with Gasteiger partial charge in [-0.3, -0.25) is 4.79 Å². The molecule has 2 N–H and O–H groups in total. The minimum atomic E-state index is -4.52. The lowest BCUT2D eigenvalue weighted by molar-refractivity contribution is -0.132. The number of nitrogens with two attached hydrogens (primary N) is 1. The summed E-state index contributed by atoms with van der Waals surface area (Å²) in [6.45, 7) is -1.40. The second-order valence-electron chi connectivity index (χ2n) is 4.98. The SMILES string of the molecule is Nc1cc2c(cc1F)N(CC(F)(F)F)C(=O)C21CC1. The monoisotopic (exact) mass is 274 g/mol. The van der Waals surface area contributed by atoms with Gasteiger partial charge in [0, 0.05) is 6.07 Å². The van der Waals surface area contributed by atoms with Crippen molar-refractivity contribution in [2.45, 2.75) is 24.4 Å². The first-order valence-corrected chi connectivity index (χ1v) is 5.73. The molecule has 1 aromatic carbocycles. The van der Waals surface area contributed by atoms with E-state index in [1.54, 1.807) is 0 Å². The number of carbonyl (C=O) groups is 1. The fourth-order valence-corrected chi connectivity index (χ4v) is 2.61. The molecular formula is C12H10F4N2O. The smallest absolute Gasteiger partial charge is 0.396 e. The van der Waals surface area contributed by atoms with E-state index >= 15 is 0 Å². The van der Waals surface area contributed by atoms with E-state index in [9.17, 15) is 22.4 Å². The molecule has 19 heavy (non-hydrogen) atoms. The van der Waals surface area contributed by atoms with Crippen molar-refractivity contribution >= 4 is 17.3 Å². The summed E-state index contributed by atoms with van der Waals surface area (Å²) in [7, 11) is 0. The van der Waals surface area contributed by atoms with Crippen LogP contribution in [0, 0.1) is 5.82 Å². The van der Waals surface area contributed by atoms with Gasteiger partial charge in [0.2, 0.25) is 5.91 Å². The van der Waals surface area contributed by atoms with Gasteiger partial charge in [-0.2, -0.15) is 13.2 Å². The van der Waals surface area contributed by atoms with Crippen molar-refractivity contribution in [1.29, 1.82) is 0 Å². The van der Waals surface area contributed by atoms with Gasteiger partial charge in [-0.25, -0.2) is 4.39 Å². The Hall–Kier alpha value is -1.79. The van der Waals surface area contributed by atoms with Gasteiger partial charge in [0.05, 0.1) is 16.8 Å². The van der Waals surface area contributed by atoms with E-state index in [1.807, 2.05) is 0 Å². The molecule has 1 aliphatic carbocycles. The maximum absolute atomic E-state index is 13.4. The summed E-state index contributed by atoms with van der Waals surface area (Å²) in [6.07, 6.45) is -3.55. The Kier molecular flexibility index (Phi) is 2.19. The van der Waals surface area contributed by atoms with E-state index in [1.165, 1.54) is 6.07 Å². The van der Waals surface area contributed by atoms with Gasteiger partial charge < -0.3 is 10.6 Å². The molecule has 102 valence electrons. The first-order chi connectivity index (χ1) is 8.74. The summed E-state index contributed by atoms with van der Waals surface area (Å²) in [5, 5.41) is 0. The molecule has 1 saturated carbocycles. The van der Waals surface area contributed by atoms with Crippen molar-refractivity contribution in [3.63, 3.8) is 0 Å². The third-order valence-electron chi connectivity index (χ3n) is 3.66. The number of nitrogens with zero attached hydrogens (tertiary/aromatic N) is 1. The quantitative estimate of drug-likeness (QED) is 0.631. The maximum Gasteiger partial charge on any atom is 0.406 e. The molecule has 1 aromatic rings. The lowest BCUT2D eigenvalue weighted by atomic mass is 9.97. The van der Waals surface area contributed by atoms with Crippen molar-refractivity contribution in [2.75, 3.05) is 17.2 Å². The number of carbonyl (C=O) groups excluding carboxylic acids is 1. The lowest BCUT2D eigenvalue weighted by Gasteiger charge is -2.19. The Morgan fingerprint density at radius 1 is 1.32 bits per heavy atom. The standard InChI is InChI=1S/C12H10F4N2O/c13-7-4-9-6(3-8(7)17)11(1-2-11)10(19)18(9)5-12(14,15)16/h3-4H,1-2,5,17H2. The van der Waals surface area contributed by atoms with E-state index in [0.717, 1.165) is 6.07 Å². The van der Waals surface area contributed by atoms with Crippen LogP contribution in [0.1, 0.15) is 18.4 Å². The molecule has 3 rings (SSSR count). The number of halogens is 4. The summed E-state index contributed by atoms with van der Waals surface area (Å²) < 4.78 is 51.0. The molecule has 2 aliphatic rings. The number of hydrogen-bond donors (Lipinski definition) is 1.